The number of rotatable bonds is 6. The van der Waals surface area contributed by atoms with Gasteiger partial charge in [0.25, 0.3) is 0 Å². The highest BCUT2D eigenvalue weighted by Crippen LogP contribution is 2.30. The predicted molar refractivity (Wildman–Crippen MR) is 113 cm³/mol. The first-order valence-corrected chi connectivity index (χ1v) is 10.2. The molecular formula is C21H20FN5OS. The number of halogens is 1. The van der Waals surface area contributed by atoms with Gasteiger partial charge in [-0.05, 0) is 55.9 Å². The third-order valence-electron chi connectivity index (χ3n) is 4.57. The maximum absolute atomic E-state index is 13.3. The zero-order chi connectivity index (χ0) is 20.4. The van der Waals surface area contributed by atoms with Gasteiger partial charge in [-0.3, -0.25) is 4.98 Å². The van der Waals surface area contributed by atoms with E-state index in [-0.39, 0.29) is 0 Å². The molecule has 0 amide bonds. The lowest BCUT2D eigenvalue weighted by Crippen LogP contribution is -2.12. The van der Waals surface area contributed by atoms with Crippen molar-refractivity contribution in [2.24, 2.45) is 0 Å². The van der Waals surface area contributed by atoms with E-state index in [1.807, 2.05) is 31.4 Å². The molecule has 0 saturated carbocycles. The van der Waals surface area contributed by atoms with Gasteiger partial charge < -0.3 is 15.2 Å². The number of pyridine rings is 2. The summed E-state index contributed by atoms with van der Waals surface area (Å²) in [5.74, 6) is -0.513. The van der Waals surface area contributed by atoms with Gasteiger partial charge in [0.05, 0.1) is 23.8 Å². The van der Waals surface area contributed by atoms with Crippen LogP contribution in [0.4, 0.5) is 15.8 Å². The minimum absolute atomic E-state index is 0.513. The van der Waals surface area contributed by atoms with Crippen molar-refractivity contribution in [3.63, 3.8) is 0 Å². The van der Waals surface area contributed by atoms with Crippen molar-refractivity contribution in [1.82, 2.24) is 19.3 Å². The molecule has 1 atom stereocenters. The molecule has 8 heteroatoms. The molecule has 4 aromatic rings. The van der Waals surface area contributed by atoms with Gasteiger partial charge >= 0.3 is 0 Å². The van der Waals surface area contributed by atoms with Gasteiger partial charge in [0.1, 0.15) is 16.9 Å². The van der Waals surface area contributed by atoms with Gasteiger partial charge in [-0.2, -0.15) is 8.36 Å². The summed E-state index contributed by atoms with van der Waals surface area (Å²) in [5, 5.41) is 7.43. The van der Waals surface area contributed by atoms with E-state index in [1.165, 1.54) is 6.07 Å². The molecule has 3 aromatic heterocycles. The summed E-state index contributed by atoms with van der Waals surface area (Å²) >= 11 is -1.43. The standard InChI is InChI=1S/C21H20FN5OS/c1-14-19(7-8-21(22)25-14)26-16-5-6-18-15(11-23-2)13-27(20(18)10-16)29(28)17-4-3-9-24-12-17/h3-10,12-13,23,26H,11H2,1-2H3. The number of hydrogen-bond acceptors (Lipinski definition) is 5. The highest BCUT2D eigenvalue weighted by Gasteiger charge is 2.20. The molecule has 3 heterocycles. The average Bonchev–Trinajstić information content (AvgIpc) is 3.08. The number of anilines is 2. The van der Waals surface area contributed by atoms with Crippen LogP contribution in [0.15, 0.2) is 66.0 Å². The molecule has 1 aromatic carbocycles. The number of benzene rings is 1. The molecule has 4 rings (SSSR count). The molecule has 0 aliphatic heterocycles. The normalized spacial score (nSPS) is 12.3. The van der Waals surface area contributed by atoms with Crippen LogP contribution in [0.25, 0.3) is 10.9 Å². The van der Waals surface area contributed by atoms with Crippen LogP contribution in [0.2, 0.25) is 0 Å². The van der Waals surface area contributed by atoms with E-state index in [4.69, 9.17) is 0 Å². The third kappa shape index (κ3) is 3.95. The minimum atomic E-state index is -1.43. The van der Waals surface area contributed by atoms with E-state index in [0.717, 1.165) is 22.2 Å². The van der Waals surface area contributed by atoms with Crippen molar-refractivity contribution in [2.45, 2.75) is 18.4 Å². The van der Waals surface area contributed by atoms with Gasteiger partial charge in [-0.15, -0.1) is 0 Å². The summed E-state index contributed by atoms with van der Waals surface area (Å²) in [5.41, 5.74) is 3.96. The third-order valence-corrected chi connectivity index (χ3v) is 5.87. The zero-order valence-electron chi connectivity index (χ0n) is 16.0. The van der Waals surface area contributed by atoms with Crippen LogP contribution in [-0.4, -0.2) is 25.5 Å². The molecule has 29 heavy (non-hydrogen) atoms. The van der Waals surface area contributed by atoms with Crippen LogP contribution in [0.5, 0.6) is 0 Å². The van der Waals surface area contributed by atoms with Crippen molar-refractivity contribution in [3.8, 4) is 0 Å². The van der Waals surface area contributed by atoms with Crippen molar-refractivity contribution >= 4 is 33.6 Å². The molecular weight excluding hydrogens is 389 g/mol. The summed E-state index contributed by atoms with van der Waals surface area (Å²) in [4.78, 5) is 8.55. The fourth-order valence-corrected chi connectivity index (χ4v) is 4.32. The highest BCUT2D eigenvalue weighted by atomic mass is 32.2. The van der Waals surface area contributed by atoms with Gasteiger partial charge in [-0.25, -0.2) is 4.98 Å². The largest absolute Gasteiger partial charge is 0.587 e. The fraction of sp³-hybridized carbons (Fsp3) is 0.143. The molecule has 0 aliphatic carbocycles. The summed E-state index contributed by atoms with van der Waals surface area (Å²) in [6, 6.07) is 12.4. The van der Waals surface area contributed by atoms with Gasteiger partial charge in [0, 0.05) is 23.8 Å². The van der Waals surface area contributed by atoms with Crippen molar-refractivity contribution in [3.05, 3.63) is 78.3 Å². The van der Waals surface area contributed by atoms with Crippen molar-refractivity contribution in [1.29, 1.82) is 0 Å². The monoisotopic (exact) mass is 409 g/mol. The predicted octanol–water partition coefficient (Wildman–Crippen LogP) is 3.91. The maximum atomic E-state index is 13.3. The van der Waals surface area contributed by atoms with E-state index >= 15 is 0 Å². The van der Waals surface area contributed by atoms with Gasteiger partial charge in [0.2, 0.25) is 5.95 Å². The lowest BCUT2D eigenvalue weighted by molar-refractivity contribution is 0.580. The second-order valence-electron chi connectivity index (χ2n) is 6.57. The first-order valence-electron chi connectivity index (χ1n) is 9.08. The molecule has 2 N–H and O–H groups in total. The number of aromatic nitrogens is 3. The second-order valence-corrected chi connectivity index (χ2v) is 7.94. The Balaban J connectivity index is 1.77. The Labute approximate surface area is 171 Å². The van der Waals surface area contributed by atoms with Crippen LogP contribution < -0.4 is 10.6 Å². The zero-order valence-corrected chi connectivity index (χ0v) is 16.8. The van der Waals surface area contributed by atoms with E-state index in [9.17, 15) is 8.94 Å². The number of nitrogens with one attached hydrogen (secondary N) is 2. The molecule has 0 bridgehead atoms. The van der Waals surface area contributed by atoms with Crippen LogP contribution in [0, 0.1) is 12.9 Å². The Morgan fingerprint density at radius 2 is 2.07 bits per heavy atom. The molecule has 148 valence electrons. The fourth-order valence-electron chi connectivity index (χ4n) is 3.19. The highest BCUT2D eigenvalue weighted by molar-refractivity contribution is 7.90. The second kappa shape index (κ2) is 8.20. The lowest BCUT2D eigenvalue weighted by Gasteiger charge is -2.12. The molecule has 0 fully saturated rings. The molecule has 0 spiro atoms. The van der Waals surface area contributed by atoms with Crippen molar-refractivity contribution < 1.29 is 8.94 Å². The summed E-state index contributed by atoms with van der Waals surface area (Å²) in [6.07, 6.45) is 5.16. The molecule has 0 radical (unpaired) electrons. The molecule has 0 aliphatic rings. The number of nitrogens with zero attached hydrogens (tertiary/aromatic N) is 3. The lowest BCUT2D eigenvalue weighted by atomic mass is 10.1. The van der Waals surface area contributed by atoms with Crippen LogP contribution >= 0.6 is 0 Å². The molecule has 6 nitrogen and oxygen atoms in total. The first-order chi connectivity index (χ1) is 14.1. The van der Waals surface area contributed by atoms with Crippen molar-refractivity contribution in [2.75, 3.05) is 12.4 Å². The van der Waals surface area contributed by atoms with E-state index in [2.05, 4.69) is 20.6 Å². The summed E-state index contributed by atoms with van der Waals surface area (Å²) < 4.78 is 28.2. The Hall–Kier alpha value is -2.94. The Bertz CT molecular complexity index is 1150. The van der Waals surface area contributed by atoms with Gasteiger partial charge in [-0.1, -0.05) is 6.07 Å². The van der Waals surface area contributed by atoms with Crippen LogP contribution in [-0.2, 0) is 17.9 Å². The van der Waals surface area contributed by atoms with E-state index in [1.54, 1.807) is 41.5 Å². The topological polar surface area (TPSA) is 77.8 Å². The van der Waals surface area contributed by atoms with Crippen LogP contribution in [0.1, 0.15) is 11.3 Å². The van der Waals surface area contributed by atoms with E-state index in [0.29, 0.717) is 22.8 Å². The number of aryl methyl sites for hydroxylation is 1. The van der Waals surface area contributed by atoms with Crippen LogP contribution in [0.3, 0.4) is 0 Å². The quantitative estimate of drug-likeness (QED) is 0.373. The maximum Gasteiger partial charge on any atom is 0.213 e. The molecule has 1 unspecified atom stereocenters. The van der Waals surface area contributed by atoms with Gasteiger partial charge in [0.15, 0.2) is 4.90 Å². The minimum Gasteiger partial charge on any atom is -0.587 e. The Morgan fingerprint density at radius 1 is 1.21 bits per heavy atom. The summed E-state index contributed by atoms with van der Waals surface area (Å²) in [6.45, 7) is 2.40. The molecule has 0 saturated heterocycles. The Morgan fingerprint density at radius 3 is 2.79 bits per heavy atom. The summed E-state index contributed by atoms with van der Waals surface area (Å²) in [7, 11) is 1.88. The SMILES string of the molecule is CNCc1cn([S+]([O-])c2cccnc2)c2cc(Nc3ccc(F)nc3C)ccc12. The van der Waals surface area contributed by atoms with E-state index < -0.39 is 17.3 Å². The number of fused-ring (bicyclic) bond motifs is 1. The first kappa shape index (κ1) is 19.4. The Kier molecular flexibility index (Phi) is 5.48. The average molecular weight is 409 g/mol. The smallest absolute Gasteiger partial charge is 0.213 e. The number of hydrogen-bond donors (Lipinski definition) is 2.